The molecule has 0 saturated carbocycles. The minimum absolute atomic E-state index is 0.0833. The molecule has 0 unspecified atom stereocenters. The van der Waals surface area contributed by atoms with Crippen LogP contribution < -0.4 is 10.6 Å². The zero-order valence-electron chi connectivity index (χ0n) is 7.05. The van der Waals surface area contributed by atoms with E-state index < -0.39 is 0 Å². The minimum atomic E-state index is 0.0833. The summed E-state index contributed by atoms with van der Waals surface area (Å²) >= 11 is 4.90. The van der Waals surface area contributed by atoms with Crippen LogP contribution in [0, 0.1) is 24.7 Å². The average Bonchev–Trinajstić information content (AvgIpc) is 2.05. The van der Waals surface area contributed by atoms with Crippen LogP contribution in [0.15, 0.2) is 0 Å². The molecule has 2 N–H and O–H groups in total. The van der Waals surface area contributed by atoms with Crippen LogP contribution in [-0.4, -0.2) is 18.2 Å². The van der Waals surface area contributed by atoms with Gasteiger partial charge in [0, 0.05) is 19.9 Å². The molecule has 0 fully saturated rings. The zero-order chi connectivity index (χ0) is 9.40. The molecular formula is C9H12N2S. The predicted molar refractivity (Wildman–Crippen MR) is 55.5 cm³/mol. The van der Waals surface area contributed by atoms with Gasteiger partial charge in [0.15, 0.2) is 5.11 Å². The van der Waals surface area contributed by atoms with Gasteiger partial charge in [-0.05, 0) is 12.2 Å². The van der Waals surface area contributed by atoms with Gasteiger partial charge < -0.3 is 10.6 Å². The van der Waals surface area contributed by atoms with E-state index in [-0.39, 0.29) is 6.04 Å². The van der Waals surface area contributed by atoms with Gasteiger partial charge >= 0.3 is 0 Å². The van der Waals surface area contributed by atoms with E-state index in [1.54, 1.807) is 7.05 Å². The Morgan fingerprint density at radius 1 is 1.42 bits per heavy atom. The molecule has 0 radical (unpaired) electrons. The molecule has 0 atom stereocenters. The molecule has 0 aromatic rings. The SMILES string of the molecule is C#CCC(CC#C)NC(=S)NC. The van der Waals surface area contributed by atoms with Gasteiger partial charge in [-0.15, -0.1) is 24.7 Å². The first-order valence-corrected chi connectivity index (χ1v) is 4.00. The van der Waals surface area contributed by atoms with E-state index >= 15 is 0 Å². The molecule has 2 nitrogen and oxygen atoms in total. The number of terminal acetylenes is 2. The molecular weight excluding hydrogens is 168 g/mol. The quantitative estimate of drug-likeness (QED) is 0.488. The van der Waals surface area contributed by atoms with E-state index in [0.717, 1.165) is 0 Å². The molecule has 64 valence electrons. The fraction of sp³-hybridized carbons (Fsp3) is 0.444. The highest BCUT2D eigenvalue weighted by molar-refractivity contribution is 7.80. The number of nitrogens with one attached hydrogen (secondary N) is 2. The number of hydrogen-bond acceptors (Lipinski definition) is 1. The molecule has 3 heteroatoms. The summed E-state index contributed by atoms with van der Waals surface area (Å²) in [6.45, 7) is 0. The fourth-order valence-corrected chi connectivity index (χ4v) is 0.883. The smallest absolute Gasteiger partial charge is 0.166 e. The van der Waals surface area contributed by atoms with Gasteiger partial charge in [0.05, 0.1) is 6.04 Å². The number of rotatable bonds is 3. The second-order valence-corrected chi connectivity index (χ2v) is 2.65. The third-order valence-electron chi connectivity index (χ3n) is 1.29. The van der Waals surface area contributed by atoms with Crippen molar-refractivity contribution in [3.05, 3.63) is 0 Å². The summed E-state index contributed by atoms with van der Waals surface area (Å²) < 4.78 is 0. The normalized spacial score (nSPS) is 8.33. The van der Waals surface area contributed by atoms with Gasteiger partial charge in [0.2, 0.25) is 0 Å². The highest BCUT2D eigenvalue weighted by Gasteiger charge is 2.05. The lowest BCUT2D eigenvalue weighted by atomic mass is 10.1. The lowest BCUT2D eigenvalue weighted by Gasteiger charge is -2.14. The summed E-state index contributed by atoms with van der Waals surface area (Å²) in [6, 6.07) is 0.0833. The number of thiocarbonyl (C=S) groups is 1. The average molecular weight is 180 g/mol. The Bertz CT molecular complexity index is 206. The van der Waals surface area contributed by atoms with Crippen LogP contribution in [0.25, 0.3) is 0 Å². The monoisotopic (exact) mass is 180 g/mol. The van der Waals surface area contributed by atoms with E-state index in [2.05, 4.69) is 22.5 Å². The Morgan fingerprint density at radius 2 is 1.92 bits per heavy atom. The summed E-state index contributed by atoms with van der Waals surface area (Å²) in [7, 11) is 1.75. The molecule has 0 bridgehead atoms. The van der Waals surface area contributed by atoms with Crippen molar-refractivity contribution >= 4 is 17.3 Å². The first kappa shape index (κ1) is 10.8. The molecule has 0 aromatic carbocycles. The van der Waals surface area contributed by atoms with Crippen LogP contribution in [0.2, 0.25) is 0 Å². The molecule has 0 aromatic heterocycles. The van der Waals surface area contributed by atoms with Crippen molar-refractivity contribution in [1.82, 2.24) is 10.6 Å². The van der Waals surface area contributed by atoms with Crippen molar-refractivity contribution in [2.24, 2.45) is 0 Å². The Hall–Kier alpha value is -1.19. The molecule has 0 aliphatic rings. The van der Waals surface area contributed by atoms with Gasteiger partial charge in [-0.3, -0.25) is 0 Å². The number of hydrogen-bond donors (Lipinski definition) is 2. The standard InChI is InChI=1S/C9H12N2S/c1-4-6-8(7-5-2)11-9(12)10-3/h1-2,8H,6-7H2,3H3,(H2,10,11,12). The lowest BCUT2D eigenvalue weighted by molar-refractivity contribution is 0.636. The molecule has 0 aliphatic carbocycles. The maximum Gasteiger partial charge on any atom is 0.166 e. The molecule has 0 rings (SSSR count). The zero-order valence-corrected chi connectivity index (χ0v) is 7.87. The van der Waals surface area contributed by atoms with Crippen molar-refractivity contribution in [3.8, 4) is 24.7 Å². The topological polar surface area (TPSA) is 24.1 Å². The molecule has 12 heavy (non-hydrogen) atoms. The van der Waals surface area contributed by atoms with Crippen LogP contribution >= 0.6 is 12.2 Å². The van der Waals surface area contributed by atoms with E-state index in [9.17, 15) is 0 Å². The van der Waals surface area contributed by atoms with E-state index in [1.165, 1.54) is 0 Å². The maximum atomic E-state index is 5.15. The van der Waals surface area contributed by atoms with Gasteiger partial charge in [0.25, 0.3) is 0 Å². The summed E-state index contributed by atoms with van der Waals surface area (Å²) in [5.74, 6) is 5.07. The largest absolute Gasteiger partial charge is 0.366 e. The first-order chi connectivity index (χ1) is 5.74. The molecule has 0 saturated heterocycles. The highest BCUT2D eigenvalue weighted by Crippen LogP contribution is 1.95. The van der Waals surface area contributed by atoms with E-state index in [4.69, 9.17) is 25.1 Å². The third-order valence-corrected chi connectivity index (χ3v) is 1.61. The van der Waals surface area contributed by atoms with Gasteiger partial charge in [-0.2, -0.15) is 0 Å². The van der Waals surface area contributed by atoms with Crippen molar-refractivity contribution in [1.29, 1.82) is 0 Å². The van der Waals surface area contributed by atoms with Gasteiger partial charge in [-0.25, -0.2) is 0 Å². The molecule has 0 spiro atoms. The van der Waals surface area contributed by atoms with Gasteiger partial charge in [0.1, 0.15) is 0 Å². The lowest BCUT2D eigenvalue weighted by Crippen LogP contribution is -2.39. The minimum Gasteiger partial charge on any atom is -0.366 e. The van der Waals surface area contributed by atoms with Gasteiger partial charge in [-0.1, -0.05) is 0 Å². The van der Waals surface area contributed by atoms with Crippen LogP contribution in [0.1, 0.15) is 12.8 Å². The second-order valence-electron chi connectivity index (χ2n) is 2.24. The highest BCUT2D eigenvalue weighted by atomic mass is 32.1. The van der Waals surface area contributed by atoms with Crippen LogP contribution in [0.5, 0.6) is 0 Å². The molecule has 0 amide bonds. The van der Waals surface area contributed by atoms with Crippen molar-refractivity contribution in [3.63, 3.8) is 0 Å². The Kier molecular flexibility index (Phi) is 5.87. The molecule has 0 aliphatic heterocycles. The van der Waals surface area contributed by atoms with E-state index in [1.807, 2.05) is 0 Å². The predicted octanol–water partition coefficient (Wildman–Crippen LogP) is 0.495. The summed E-state index contributed by atoms with van der Waals surface area (Å²) in [5, 5.41) is 6.37. The first-order valence-electron chi connectivity index (χ1n) is 3.59. The van der Waals surface area contributed by atoms with E-state index in [0.29, 0.717) is 18.0 Å². The summed E-state index contributed by atoms with van der Waals surface area (Å²) in [4.78, 5) is 0. The van der Waals surface area contributed by atoms with Crippen molar-refractivity contribution in [2.75, 3.05) is 7.05 Å². The van der Waals surface area contributed by atoms with Crippen LogP contribution in [0.3, 0.4) is 0 Å². The summed E-state index contributed by atoms with van der Waals surface area (Å²) in [6.07, 6.45) is 11.5. The van der Waals surface area contributed by atoms with Crippen molar-refractivity contribution < 1.29 is 0 Å². The van der Waals surface area contributed by atoms with Crippen LogP contribution in [-0.2, 0) is 0 Å². The third kappa shape index (κ3) is 4.60. The van der Waals surface area contributed by atoms with Crippen molar-refractivity contribution in [2.45, 2.75) is 18.9 Å². The second kappa shape index (κ2) is 6.52. The Balaban J connectivity index is 3.89. The molecule has 0 heterocycles. The fourth-order valence-electron chi connectivity index (χ4n) is 0.716. The Morgan fingerprint density at radius 3 is 2.25 bits per heavy atom. The summed E-state index contributed by atoms with van der Waals surface area (Å²) in [5.41, 5.74) is 0. The van der Waals surface area contributed by atoms with Crippen LogP contribution in [0.4, 0.5) is 0 Å². The maximum absolute atomic E-state index is 5.15. The Labute approximate surface area is 79.1 Å².